The third-order valence-electron chi connectivity index (χ3n) is 5.74. The van der Waals surface area contributed by atoms with Crippen LogP contribution in [0.4, 0.5) is 0 Å². The Morgan fingerprint density at radius 2 is 1.35 bits per heavy atom. The van der Waals surface area contributed by atoms with Crippen molar-refractivity contribution in [2.24, 2.45) is 0 Å². The minimum atomic E-state index is -1.48. The van der Waals surface area contributed by atoms with Crippen LogP contribution in [0.3, 0.4) is 0 Å². The van der Waals surface area contributed by atoms with Crippen LogP contribution < -0.4 is 5.46 Å². The van der Waals surface area contributed by atoms with Gasteiger partial charge in [-0.2, -0.15) is 0 Å². The van der Waals surface area contributed by atoms with Crippen LogP contribution in [0, 0.1) is 0 Å². The molecule has 4 aromatic rings. The Balaban J connectivity index is 0.00000133. The first kappa shape index (κ1) is 23.4. The fraction of sp³-hybridized carbons (Fsp3) is 0.100. The number of hydrogen-bond donors (Lipinski definition) is 2. The van der Waals surface area contributed by atoms with Gasteiger partial charge in [-0.25, -0.2) is 4.98 Å². The van der Waals surface area contributed by atoms with Crippen molar-refractivity contribution in [3.63, 3.8) is 0 Å². The molecule has 1 aliphatic carbocycles. The van der Waals surface area contributed by atoms with E-state index in [0.29, 0.717) is 5.46 Å². The van der Waals surface area contributed by atoms with E-state index in [9.17, 15) is 10.0 Å². The van der Waals surface area contributed by atoms with Gasteiger partial charge in [-0.05, 0) is 52.3 Å². The molecule has 0 radical (unpaired) electrons. The molecule has 0 aliphatic heterocycles. The Bertz CT molecular complexity index is 1310. The normalized spacial score (nSPS) is 11.8. The molecule has 0 saturated heterocycles. The number of nitrogens with zero attached hydrogens (tertiary/aromatic N) is 1. The van der Waals surface area contributed by atoms with Crippen molar-refractivity contribution in [1.82, 2.24) is 4.98 Å². The molecular formula is C30H28BNO2. The molecule has 0 fully saturated rings. The number of pyridine rings is 1. The van der Waals surface area contributed by atoms with Crippen molar-refractivity contribution in [3.8, 4) is 33.6 Å². The van der Waals surface area contributed by atoms with Crippen molar-refractivity contribution in [1.29, 1.82) is 0 Å². The van der Waals surface area contributed by atoms with Crippen LogP contribution in [0.5, 0.6) is 0 Å². The summed E-state index contributed by atoms with van der Waals surface area (Å²) in [6, 6.07) is 28.2. The first-order chi connectivity index (χ1) is 16.7. The third kappa shape index (κ3) is 5.25. The number of allylic oxidation sites excluding steroid dienone is 3. The van der Waals surface area contributed by atoms with Crippen LogP contribution in [0.1, 0.15) is 25.0 Å². The molecule has 0 saturated carbocycles. The Kier molecular flexibility index (Phi) is 7.53. The molecule has 3 nitrogen and oxygen atoms in total. The van der Waals surface area contributed by atoms with Crippen LogP contribution in [0.15, 0.2) is 103 Å². The van der Waals surface area contributed by atoms with Gasteiger partial charge in [-0.3, -0.25) is 0 Å². The summed E-state index contributed by atoms with van der Waals surface area (Å²) in [5, 5.41) is 18.8. The summed E-state index contributed by atoms with van der Waals surface area (Å²) < 4.78 is 0. The van der Waals surface area contributed by atoms with Gasteiger partial charge in [0.2, 0.25) is 0 Å². The third-order valence-corrected chi connectivity index (χ3v) is 5.74. The lowest BCUT2D eigenvalue weighted by atomic mass is 9.80. The maximum atomic E-state index is 9.42. The molecule has 1 heterocycles. The van der Waals surface area contributed by atoms with Gasteiger partial charge in [0.15, 0.2) is 0 Å². The quantitative estimate of drug-likeness (QED) is 0.384. The maximum absolute atomic E-state index is 9.42. The molecule has 0 amide bonds. The molecule has 168 valence electrons. The van der Waals surface area contributed by atoms with Crippen LogP contribution >= 0.6 is 0 Å². The zero-order valence-corrected chi connectivity index (χ0v) is 19.5. The highest BCUT2D eigenvalue weighted by atomic mass is 16.4. The number of aromatic nitrogens is 1. The van der Waals surface area contributed by atoms with Crippen LogP contribution in [0.25, 0.3) is 39.7 Å². The largest absolute Gasteiger partial charge is 0.488 e. The van der Waals surface area contributed by atoms with Crippen molar-refractivity contribution in [2.75, 3.05) is 0 Å². The fourth-order valence-electron chi connectivity index (χ4n) is 3.98. The van der Waals surface area contributed by atoms with E-state index in [1.165, 1.54) is 11.1 Å². The van der Waals surface area contributed by atoms with E-state index in [2.05, 4.69) is 66.8 Å². The molecule has 0 atom stereocenters. The summed E-state index contributed by atoms with van der Waals surface area (Å²) in [5.74, 6) is 0. The van der Waals surface area contributed by atoms with E-state index in [-0.39, 0.29) is 0 Å². The topological polar surface area (TPSA) is 53.4 Å². The SMILES string of the molecule is CC.OB(O)c1ccc(-c2cc(-c3ccccc3)cc(-c3ccc4c(c3)C=CC=CC4)n2)cc1. The summed E-state index contributed by atoms with van der Waals surface area (Å²) in [5.41, 5.74) is 8.91. The van der Waals surface area contributed by atoms with Crippen molar-refractivity contribution in [2.45, 2.75) is 20.3 Å². The van der Waals surface area contributed by atoms with Gasteiger partial charge >= 0.3 is 7.12 Å². The second kappa shape index (κ2) is 10.9. The second-order valence-electron chi connectivity index (χ2n) is 7.89. The van der Waals surface area contributed by atoms with Crippen LogP contribution in [-0.2, 0) is 6.42 Å². The first-order valence-electron chi connectivity index (χ1n) is 11.7. The molecule has 1 aromatic heterocycles. The average molecular weight is 445 g/mol. The lowest BCUT2D eigenvalue weighted by Gasteiger charge is -2.12. The predicted octanol–water partition coefficient (Wildman–Crippen LogP) is 5.91. The molecule has 0 spiro atoms. The van der Waals surface area contributed by atoms with Gasteiger partial charge < -0.3 is 10.0 Å². The highest BCUT2D eigenvalue weighted by Crippen LogP contribution is 2.31. The van der Waals surface area contributed by atoms with Crippen molar-refractivity contribution in [3.05, 3.63) is 114 Å². The van der Waals surface area contributed by atoms with Gasteiger partial charge in [0, 0.05) is 11.1 Å². The predicted molar refractivity (Wildman–Crippen MR) is 144 cm³/mol. The summed E-state index contributed by atoms with van der Waals surface area (Å²) in [4.78, 5) is 4.98. The zero-order valence-electron chi connectivity index (χ0n) is 19.5. The zero-order chi connectivity index (χ0) is 23.9. The molecule has 2 N–H and O–H groups in total. The Hall–Kier alpha value is -3.73. The molecule has 1 aliphatic rings. The number of benzene rings is 3. The van der Waals surface area contributed by atoms with Crippen LogP contribution in [0.2, 0.25) is 0 Å². The number of fused-ring (bicyclic) bond motifs is 1. The van der Waals surface area contributed by atoms with Gasteiger partial charge in [-0.15, -0.1) is 0 Å². The van der Waals surface area contributed by atoms with E-state index >= 15 is 0 Å². The van der Waals surface area contributed by atoms with E-state index in [0.717, 1.165) is 40.1 Å². The number of hydrogen-bond acceptors (Lipinski definition) is 3. The van der Waals surface area contributed by atoms with E-state index in [4.69, 9.17) is 4.98 Å². The van der Waals surface area contributed by atoms with Crippen LogP contribution in [-0.4, -0.2) is 22.2 Å². The molecule has 34 heavy (non-hydrogen) atoms. The average Bonchev–Trinajstić information content (AvgIpc) is 3.15. The summed E-state index contributed by atoms with van der Waals surface area (Å²) in [6.07, 6.45) is 9.39. The molecule has 0 bridgehead atoms. The highest BCUT2D eigenvalue weighted by Gasteiger charge is 2.13. The lowest BCUT2D eigenvalue weighted by Crippen LogP contribution is -2.29. The smallest absolute Gasteiger partial charge is 0.423 e. The van der Waals surface area contributed by atoms with Gasteiger partial charge in [-0.1, -0.05) is 105 Å². The monoisotopic (exact) mass is 445 g/mol. The Morgan fingerprint density at radius 1 is 0.676 bits per heavy atom. The van der Waals surface area contributed by atoms with Crippen molar-refractivity contribution >= 4 is 18.7 Å². The molecule has 3 aromatic carbocycles. The van der Waals surface area contributed by atoms with E-state index < -0.39 is 7.12 Å². The number of rotatable bonds is 4. The van der Waals surface area contributed by atoms with E-state index in [1.54, 1.807) is 12.1 Å². The fourth-order valence-corrected chi connectivity index (χ4v) is 3.98. The standard InChI is InChI=1S/C28H22BNO2.C2H6/c31-29(32)26-15-13-22(14-16-26)27-18-25(20-7-3-1-4-8-20)19-28(30-27)24-12-11-21-9-5-2-6-10-23(21)17-24;1-2/h1-8,10-19,31-32H,9H2;1-2H3. The Labute approximate surface area is 201 Å². The minimum Gasteiger partial charge on any atom is -0.423 e. The van der Waals surface area contributed by atoms with Crippen molar-refractivity contribution < 1.29 is 10.0 Å². The molecule has 0 unspecified atom stereocenters. The molecular weight excluding hydrogens is 417 g/mol. The van der Waals surface area contributed by atoms with Gasteiger partial charge in [0.1, 0.15) is 0 Å². The first-order valence-corrected chi connectivity index (χ1v) is 11.7. The Morgan fingerprint density at radius 3 is 2.06 bits per heavy atom. The van der Waals surface area contributed by atoms with Gasteiger partial charge in [0.05, 0.1) is 11.4 Å². The highest BCUT2D eigenvalue weighted by molar-refractivity contribution is 6.58. The lowest BCUT2D eigenvalue weighted by molar-refractivity contribution is 0.426. The summed E-state index contributed by atoms with van der Waals surface area (Å²) in [6.45, 7) is 4.00. The maximum Gasteiger partial charge on any atom is 0.488 e. The summed E-state index contributed by atoms with van der Waals surface area (Å²) in [7, 11) is -1.48. The molecule has 5 rings (SSSR count). The minimum absolute atomic E-state index is 0.458. The van der Waals surface area contributed by atoms with E-state index in [1.807, 2.05) is 44.2 Å². The molecule has 4 heteroatoms. The second-order valence-corrected chi connectivity index (χ2v) is 7.89. The van der Waals surface area contributed by atoms with Gasteiger partial charge in [0.25, 0.3) is 0 Å². The summed E-state index contributed by atoms with van der Waals surface area (Å²) >= 11 is 0.